The number of aromatic nitrogens is 1. The molecule has 1 heterocycles. The lowest BCUT2D eigenvalue weighted by Gasteiger charge is -2.07. The lowest BCUT2D eigenvalue weighted by molar-refractivity contribution is -0.385. The van der Waals surface area contributed by atoms with Gasteiger partial charge < -0.3 is 10.1 Å². The number of benzene rings is 1. The van der Waals surface area contributed by atoms with Crippen LogP contribution in [0.1, 0.15) is 22.8 Å². The monoisotopic (exact) mass is 301 g/mol. The van der Waals surface area contributed by atoms with Crippen molar-refractivity contribution in [2.45, 2.75) is 13.8 Å². The second kappa shape index (κ2) is 6.66. The van der Waals surface area contributed by atoms with Crippen molar-refractivity contribution in [1.29, 1.82) is 0 Å². The van der Waals surface area contributed by atoms with Gasteiger partial charge in [0.25, 0.3) is 5.91 Å². The lowest BCUT2D eigenvalue weighted by Crippen LogP contribution is -2.13. The minimum Gasteiger partial charge on any atom is -0.487 e. The van der Waals surface area contributed by atoms with Crippen LogP contribution in [-0.4, -0.2) is 22.4 Å². The van der Waals surface area contributed by atoms with E-state index in [9.17, 15) is 14.9 Å². The van der Waals surface area contributed by atoms with Crippen molar-refractivity contribution in [3.05, 3.63) is 57.8 Å². The second-order valence-corrected chi connectivity index (χ2v) is 4.55. The summed E-state index contributed by atoms with van der Waals surface area (Å²) in [5, 5.41) is 13.6. The number of nitrogens with one attached hydrogen (secondary N) is 1. The molecule has 0 aliphatic rings. The number of anilines is 1. The summed E-state index contributed by atoms with van der Waals surface area (Å²) in [5.74, 6) is 0.0483. The molecule has 7 nitrogen and oxygen atoms in total. The van der Waals surface area contributed by atoms with Gasteiger partial charge in [0.1, 0.15) is 5.82 Å². The number of hydrogen-bond acceptors (Lipinski definition) is 5. The van der Waals surface area contributed by atoms with Crippen LogP contribution in [0.25, 0.3) is 0 Å². The maximum Gasteiger partial charge on any atom is 0.311 e. The van der Waals surface area contributed by atoms with Crippen LogP contribution < -0.4 is 10.1 Å². The van der Waals surface area contributed by atoms with Crippen LogP contribution in [0.5, 0.6) is 5.75 Å². The maximum absolute atomic E-state index is 12.1. The van der Waals surface area contributed by atoms with Gasteiger partial charge in [-0.25, -0.2) is 4.98 Å². The minimum absolute atomic E-state index is 0.137. The molecule has 0 fully saturated rings. The number of nitrogens with zero attached hydrogens (tertiary/aromatic N) is 2. The number of amides is 1. The van der Waals surface area contributed by atoms with Crippen molar-refractivity contribution in [3.8, 4) is 5.75 Å². The normalized spacial score (nSPS) is 10.1. The second-order valence-electron chi connectivity index (χ2n) is 4.55. The predicted molar refractivity (Wildman–Crippen MR) is 81.2 cm³/mol. The van der Waals surface area contributed by atoms with Crippen LogP contribution >= 0.6 is 0 Å². The third kappa shape index (κ3) is 3.57. The minimum atomic E-state index is -0.577. The maximum atomic E-state index is 12.1. The van der Waals surface area contributed by atoms with Gasteiger partial charge in [0.2, 0.25) is 0 Å². The quantitative estimate of drug-likeness (QED) is 0.676. The molecule has 0 unspecified atom stereocenters. The van der Waals surface area contributed by atoms with Gasteiger partial charge in [0.05, 0.1) is 11.5 Å². The van der Waals surface area contributed by atoms with E-state index >= 15 is 0 Å². The number of carbonyl (C=O) groups excluding carboxylic acids is 1. The van der Waals surface area contributed by atoms with Gasteiger partial charge >= 0.3 is 5.69 Å². The molecule has 0 aliphatic carbocycles. The standard InChI is InChI=1S/C15H15N3O4/c1-3-22-13-6-5-11(8-12(13)18(20)21)15(19)17-14-7-4-10(2)9-16-14/h4-9H,3H2,1-2H3,(H,16,17,19). The molecule has 0 spiro atoms. The molecule has 0 saturated heterocycles. The molecule has 1 N–H and O–H groups in total. The van der Waals surface area contributed by atoms with Gasteiger partial charge in [0, 0.05) is 17.8 Å². The van der Waals surface area contributed by atoms with E-state index in [0.29, 0.717) is 12.4 Å². The highest BCUT2D eigenvalue weighted by Crippen LogP contribution is 2.28. The van der Waals surface area contributed by atoms with Crippen molar-refractivity contribution in [2.75, 3.05) is 11.9 Å². The largest absolute Gasteiger partial charge is 0.487 e. The van der Waals surface area contributed by atoms with Gasteiger partial charge in [0.15, 0.2) is 5.75 Å². The fourth-order valence-electron chi connectivity index (χ4n) is 1.81. The highest BCUT2D eigenvalue weighted by atomic mass is 16.6. The summed E-state index contributed by atoms with van der Waals surface area (Å²) >= 11 is 0. The van der Waals surface area contributed by atoms with Crippen LogP contribution in [0.2, 0.25) is 0 Å². The zero-order valence-corrected chi connectivity index (χ0v) is 12.2. The predicted octanol–water partition coefficient (Wildman–Crippen LogP) is 2.95. The van der Waals surface area contributed by atoms with Crippen LogP contribution in [0.15, 0.2) is 36.5 Å². The molecule has 2 rings (SSSR count). The number of rotatable bonds is 5. The summed E-state index contributed by atoms with van der Waals surface area (Å²) in [5.41, 5.74) is 0.888. The fourth-order valence-corrected chi connectivity index (χ4v) is 1.81. The Balaban J connectivity index is 2.24. The highest BCUT2D eigenvalue weighted by Gasteiger charge is 2.18. The van der Waals surface area contributed by atoms with E-state index in [-0.39, 0.29) is 17.0 Å². The molecule has 0 atom stereocenters. The Kier molecular flexibility index (Phi) is 4.67. The lowest BCUT2D eigenvalue weighted by atomic mass is 10.1. The van der Waals surface area contributed by atoms with Crippen LogP contribution in [0, 0.1) is 17.0 Å². The molecular formula is C15H15N3O4. The highest BCUT2D eigenvalue weighted by molar-refractivity contribution is 6.04. The van der Waals surface area contributed by atoms with Crippen molar-refractivity contribution < 1.29 is 14.5 Å². The number of pyridine rings is 1. The first kappa shape index (κ1) is 15.4. The van der Waals surface area contributed by atoms with Crippen LogP contribution in [0.4, 0.5) is 11.5 Å². The van der Waals surface area contributed by atoms with Crippen molar-refractivity contribution in [3.63, 3.8) is 0 Å². The van der Waals surface area contributed by atoms with E-state index in [2.05, 4.69) is 10.3 Å². The first-order chi connectivity index (χ1) is 10.5. The number of nitro benzene ring substituents is 1. The molecule has 0 bridgehead atoms. The summed E-state index contributed by atoms with van der Waals surface area (Å²) in [7, 11) is 0. The van der Waals surface area contributed by atoms with Gasteiger partial charge in [-0.2, -0.15) is 0 Å². The van der Waals surface area contributed by atoms with Gasteiger partial charge in [-0.05, 0) is 37.6 Å². The Morgan fingerprint density at radius 3 is 2.73 bits per heavy atom. The molecule has 22 heavy (non-hydrogen) atoms. The van der Waals surface area contributed by atoms with Crippen LogP contribution in [-0.2, 0) is 0 Å². The zero-order valence-electron chi connectivity index (χ0n) is 12.2. The fraction of sp³-hybridized carbons (Fsp3) is 0.200. The number of carbonyl (C=O) groups is 1. The average Bonchev–Trinajstić information content (AvgIpc) is 2.50. The molecule has 0 saturated carbocycles. The number of nitro groups is 1. The van der Waals surface area contributed by atoms with Gasteiger partial charge in [-0.15, -0.1) is 0 Å². The Morgan fingerprint density at radius 1 is 1.36 bits per heavy atom. The third-order valence-electron chi connectivity index (χ3n) is 2.87. The smallest absolute Gasteiger partial charge is 0.311 e. The molecule has 2 aromatic rings. The van der Waals surface area contributed by atoms with Crippen molar-refractivity contribution in [1.82, 2.24) is 4.98 Å². The number of hydrogen-bond donors (Lipinski definition) is 1. The van der Waals surface area contributed by atoms with Crippen molar-refractivity contribution >= 4 is 17.4 Å². The van der Waals surface area contributed by atoms with Crippen molar-refractivity contribution in [2.24, 2.45) is 0 Å². The first-order valence-electron chi connectivity index (χ1n) is 6.66. The Morgan fingerprint density at radius 2 is 2.14 bits per heavy atom. The van der Waals surface area contributed by atoms with E-state index in [4.69, 9.17) is 4.74 Å². The first-order valence-corrected chi connectivity index (χ1v) is 6.66. The molecule has 0 aliphatic heterocycles. The summed E-state index contributed by atoms with van der Waals surface area (Å²) in [6.07, 6.45) is 1.62. The molecule has 1 aromatic heterocycles. The summed E-state index contributed by atoms with van der Waals surface area (Å²) in [6, 6.07) is 7.55. The summed E-state index contributed by atoms with van der Waals surface area (Å²) in [6.45, 7) is 3.92. The Hall–Kier alpha value is -2.96. The van der Waals surface area contributed by atoms with E-state index in [0.717, 1.165) is 5.56 Å². The third-order valence-corrected chi connectivity index (χ3v) is 2.87. The van der Waals surface area contributed by atoms with E-state index in [1.165, 1.54) is 18.2 Å². The molecule has 1 amide bonds. The van der Waals surface area contributed by atoms with Gasteiger partial charge in [-0.1, -0.05) is 6.07 Å². The van der Waals surface area contributed by atoms with E-state index in [1.807, 2.05) is 13.0 Å². The molecule has 7 heteroatoms. The molecule has 114 valence electrons. The van der Waals surface area contributed by atoms with Crippen LogP contribution in [0.3, 0.4) is 0 Å². The summed E-state index contributed by atoms with van der Waals surface area (Å²) < 4.78 is 5.18. The number of ether oxygens (including phenoxy) is 1. The Labute approximate surface area is 127 Å². The molecular weight excluding hydrogens is 286 g/mol. The molecule has 1 aromatic carbocycles. The summed E-state index contributed by atoms with van der Waals surface area (Å²) in [4.78, 5) is 26.7. The average molecular weight is 301 g/mol. The van der Waals surface area contributed by atoms with E-state index in [1.54, 1.807) is 19.2 Å². The molecule has 0 radical (unpaired) electrons. The SMILES string of the molecule is CCOc1ccc(C(=O)Nc2ccc(C)cn2)cc1[N+](=O)[O-]. The van der Waals surface area contributed by atoms with E-state index < -0.39 is 10.8 Å². The number of aryl methyl sites for hydroxylation is 1. The van der Waals surface area contributed by atoms with Gasteiger partial charge in [-0.3, -0.25) is 14.9 Å². The zero-order chi connectivity index (χ0) is 16.1. The topological polar surface area (TPSA) is 94.4 Å². The Bertz CT molecular complexity index is 698.